The lowest BCUT2D eigenvalue weighted by Crippen LogP contribution is -2.40. The van der Waals surface area contributed by atoms with Gasteiger partial charge in [-0.2, -0.15) is 0 Å². The smallest absolute Gasteiger partial charge is 0.339 e. The molecule has 1 aliphatic heterocycles. The van der Waals surface area contributed by atoms with E-state index in [4.69, 9.17) is 23.7 Å². The summed E-state index contributed by atoms with van der Waals surface area (Å²) in [6.45, 7) is 8.74. The molecule has 0 spiro atoms. The zero-order valence-corrected chi connectivity index (χ0v) is 22.6. The predicted molar refractivity (Wildman–Crippen MR) is 130 cm³/mol. The molecule has 0 aliphatic carbocycles. The Hall–Kier alpha value is -1.68. The van der Waals surface area contributed by atoms with E-state index < -0.39 is 34.8 Å². The Morgan fingerprint density at radius 3 is 1.94 bits per heavy atom. The SMILES string of the molecule is COc1ccc2cc(C3(C(C)Br)O[C@@H](C(=O)OC(C)C)[C@H](C(=O)OC(C)C)O3)ccc2c1Br. The van der Waals surface area contributed by atoms with Crippen molar-refractivity contribution in [3.8, 4) is 5.75 Å². The molecule has 1 fully saturated rings. The average Bonchev–Trinajstić information content (AvgIpc) is 3.16. The zero-order valence-electron chi connectivity index (χ0n) is 19.4. The lowest BCUT2D eigenvalue weighted by Gasteiger charge is -2.31. The molecule has 1 unspecified atom stereocenters. The fraction of sp³-hybridized carbons (Fsp3) is 0.500. The maximum Gasteiger partial charge on any atom is 0.339 e. The third-order valence-corrected chi connectivity index (χ3v) is 6.53. The number of alkyl halides is 1. The molecule has 0 N–H and O–H groups in total. The number of benzene rings is 2. The number of fused-ring (bicyclic) bond motifs is 1. The van der Waals surface area contributed by atoms with E-state index in [1.807, 2.05) is 37.3 Å². The van der Waals surface area contributed by atoms with Gasteiger partial charge in [-0.15, -0.1) is 0 Å². The summed E-state index contributed by atoms with van der Waals surface area (Å²) in [4.78, 5) is 25.3. The van der Waals surface area contributed by atoms with Gasteiger partial charge in [0.2, 0.25) is 5.79 Å². The molecule has 0 aromatic heterocycles. The van der Waals surface area contributed by atoms with Crippen LogP contribution in [0.25, 0.3) is 10.8 Å². The first-order chi connectivity index (χ1) is 15.5. The van der Waals surface area contributed by atoms with Crippen molar-refractivity contribution >= 4 is 54.6 Å². The summed E-state index contributed by atoms with van der Waals surface area (Å²) in [5.41, 5.74) is 0.638. The lowest BCUT2D eigenvalue weighted by molar-refractivity contribution is -0.195. The molecule has 0 saturated carbocycles. The summed E-state index contributed by atoms with van der Waals surface area (Å²) in [7, 11) is 1.61. The molecule has 0 radical (unpaired) electrons. The maximum atomic E-state index is 12.9. The van der Waals surface area contributed by atoms with Crippen molar-refractivity contribution in [2.24, 2.45) is 0 Å². The van der Waals surface area contributed by atoms with E-state index in [0.717, 1.165) is 15.2 Å². The van der Waals surface area contributed by atoms with Crippen molar-refractivity contribution in [2.75, 3.05) is 7.11 Å². The first kappa shape index (κ1) is 25.9. The van der Waals surface area contributed by atoms with E-state index in [0.29, 0.717) is 11.3 Å². The van der Waals surface area contributed by atoms with E-state index in [1.165, 1.54) is 0 Å². The van der Waals surface area contributed by atoms with Crippen LogP contribution in [0.1, 0.15) is 40.2 Å². The first-order valence-electron chi connectivity index (χ1n) is 10.7. The molecule has 9 heteroatoms. The Morgan fingerprint density at radius 1 is 0.939 bits per heavy atom. The number of hydrogen-bond acceptors (Lipinski definition) is 7. The number of hydrogen-bond donors (Lipinski definition) is 0. The van der Waals surface area contributed by atoms with Crippen molar-refractivity contribution in [1.82, 2.24) is 0 Å². The topological polar surface area (TPSA) is 80.3 Å². The third-order valence-electron chi connectivity index (χ3n) is 5.11. The second-order valence-electron chi connectivity index (χ2n) is 8.35. The quantitative estimate of drug-likeness (QED) is 0.324. The van der Waals surface area contributed by atoms with E-state index in [2.05, 4.69) is 31.9 Å². The Bertz CT molecular complexity index is 1000. The minimum atomic E-state index is -1.43. The van der Waals surface area contributed by atoms with Crippen LogP contribution in [0.4, 0.5) is 0 Å². The van der Waals surface area contributed by atoms with Crippen LogP contribution < -0.4 is 4.74 Å². The molecule has 3 atom stereocenters. The second kappa shape index (κ2) is 10.3. The summed E-state index contributed by atoms with van der Waals surface area (Å²) in [6.07, 6.45) is -3.33. The van der Waals surface area contributed by atoms with Gasteiger partial charge in [-0.25, -0.2) is 9.59 Å². The minimum Gasteiger partial charge on any atom is -0.496 e. The predicted octanol–water partition coefficient (Wildman–Crippen LogP) is 5.23. The first-order valence-corrected chi connectivity index (χ1v) is 12.4. The Morgan fingerprint density at radius 2 is 1.48 bits per heavy atom. The van der Waals surface area contributed by atoms with E-state index in [1.54, 1.807) is 34.8 Å². The average molecular weight is 588 g/mol. The van der Waals surface area contributed by atoms with Crippen LogP contribution >= 0.6 is 31.9 Å². The van der Waals surface area contributed by atoms with Crippen molar-refractivity contribution in [3.05, 3.63) is 40.4 Å². The van der Waals surface area contributed by atoms with Gasteiger partial charge in [-0.3, -0.25) is 0 Å². The Kier molecular flexibility index (Phi) is 8.09. The molecular weight excluding hydrogens is 560 g/mol. The minimum absolute atomic E-state index is 0.382. The Balaban J connectivity index is 2.08. The van der Waals surface area contributed by atoms with Gasteiger partial charge in [0.1, 0.15) is 5.75 Å². The summed E-state index contributed by atoms with van der Waals surface area (Å²) in [5, 5.41) is 1.83. The van der Waals surface area contributed by atoms with Gasteiger partial charge in [-0.05, 0) is 73.5 Å². The molecule has 3 rings (SSSR count). The molecule has 0 bridgehead atoms. The van der Waals surface area contributed by atoms with Crippen LogP contribution in [-0.4, -0.2) is 48.3 Å². The van der Waals surface area contributed by atoms with Gasteiger partial charge in [0.15, 0.2) is 12.2 Å². The van der Waals surface area contributed by atoms with E-state index in [9.17, 15) is 9.59 Å². The lowest BCUT2D eigenvalue weighted by atomic mass is 9.99. The fourth-order valence-corrected chi connectivity index (χ4v) is 4.81. The van der Waals surface area contributed by atoms with Crippen LogP contribution in [0.2, 0.25) is 0 Å². The highest BCUT2D eigenvalue weighted by molar-refractivity contribution is 9.10. The fourth-order valence-electron chi connectivity index (χ4n) is 3.67. The highest BCUT2D eigenvalue weighted by Gasteiger charge is 2.58. The van der Waals surface area contributed by atoms with Crippen molar-refractivity contribution in [2.45, 2.75) is 69.6 Å². The number of esters is 2. The standard InChI is InChI=1S/C24H28Br2O7/c1-12(2)30-22(27)20-21(23(28)31-13(3)4)33-24(32-20,14(5)25)16-8-9-17-15(11-16)7-10-18(29-6)19(17)26/h7-14,20-21H,1-6H3/t14?,20-,21-/m1/s1. The normalized spacial score (nSPS) is 20.8. The summed E-state index contributed by atoms with van der Waals surface area (Å²) in [5.74, 6) is -2.08. The van der Waals surface area contributed by atoms with E-state index >= 15 is 0 Å². The molecule has 33 heavy (non-hydrogen) atoms. The summed E-state index contributed by atoms with van der Waals surface area (Å²) >= 11 is 7.14. The molecular formula is C24H28Br2O7. The summed E-state index contributed by atoms with van der Waals surface area (Å²) < 4.78 is 29.3. The zero-order chi connectivity index (χ0) is 24.5. The van der Waals surface area contributed by atoms with Crippen LogP contribution in [0.3, 0.4) is 0 Å². The molecule has 7 nitrogen and oxygen atoms in total. The molecule has 2 aromatic rings. The van der Waals surface area contributed by atoms with Crippen LogP contribution in [0, 0.1) is 0 Å². The van der Waals surface area contributed by atoms with Crippen LogP contribution in [0.15, 0.2) is 34.8 Å². The largest absolute Gasteiger partial charge is 0.496 e. The Labute approximate surface area is 210 Å². The molecule has 180 valence electrons. The van der Waals surface area contributed by atoms with Crippen LogP contribution in [0.5, 0.6) is 5.75 Å². The van der Waals surface area contributed by atoms with Crippen molar-refractivity contribution in [3.63, 3.8) is 0 Å². The van der Waals surface area contributed by atoms with Gasteiger partial charge in [0, 0.05) is 5.56 Å². The number of carbonyl (C=O) groups is 2. The third kappa shape index (κ3) is 5.21. The number of rotatable bonds is 7. The van der Waals surface area contributed by atoms with Crippen LogP contribution in [-0.2, 0) is 34.3 Å². The van der Waals surface area contributed by atoms with Crippen molar-refractivity contribution in [1.29, 1.82) is 0 Å². The van der Waals surface area contributed by atoms with Gasteiger partial charge >= 0.3 is 11.9 Å². The highest BCUT2D eigenvalue weighted by Crippen LogP contribution is 2.45. The van der Waals surface area contributed by atoms with Gasteiger partial charge < -0.3 is 23.7 Å². The van der Waals surface area contributed by atoms with E-state index in [-0.39, 0.29) is 12.2 Å². The molecule has 1 aliphatic rings. The number of halogens is 2. The van der Waals surface area contributed by atoms with Gasteiger partial charge in [0.25, 0.3) is 0 Å². The molecule has 0 amide bonds. The van der Waals surface area contributed by atoms with Gasteiger partial charge in [0.05, 0.1) is 28.6 Å². The number of carbonyl (C=O) groups excluding carboxylic acids is 2. The molecule has 1 heterocycles. The van der Waals surface area contributed by atoms with Crippen molar-refractivity contribution < 1.29 is 33.3 Å². The second-order valence-corrected chi connectivity index (χ2v) is 10.5. The number of methoxy groups -OCH3 is 1. The van der Waals surface area contributed by atoms with Gasteiger partial charge in [-0.1, -0.05) is 34.1 Å². The highest BCUT2D eigenvalue weighted by atomic mass is 79.9. The summed E-state index contributed by atoms with van der Waals surface area (Å²) in [6, 6.07) is 9.41. The monoisotopic (exact) mass is 586 g/mol. The molecule has 2 aromatic carbocycles. The molecule has 1 saturated heterocycles. The number of ether oxygens (including phenoxy) is 5. The maximum absolute atomic E-state index is 12.9.